The maximum atomic E-state index is 12.0. The monoisotopic (exact) mass is 306 g/mol. The van der Waals surface area contributed by atoms with Crippen molar-refractivity contribution in [2.75, 3.05) is 5.32 Å². The number of amides is 1. The van der Waals surface area contributed by atoms with Gasteiger partial charge in [0, 0.05) is 28.0 Å². The van der Waals surface area contributed by atoms with Gasteiger partial charge < -0.3 is 10.3 Å². The smallest absolute Gasteiger partial charge is 0.255 e. The lowest BCUT2D eigenvalue weighted by atomic mass is 10.2. The molecule has 5 heteroatoms. The predicted octanol–water partition coefficient (Wildman–Crippen LogP) is 2.70. The number of carbonyl (C=O) groups is 1. The standard InChI is InChI=1S/C13H11BrN2O2/c1-8-2-3-10(14)7-11(8)16-13(18)9-4-5-15-12(17)6-9/h2-7H,1H3,(H,15,17)(H,16,18). The number of rotatable bonds is 2. The van der Waals surface area contributed by atoms with E-state index in [9.17, 15) is 9.59 Å². The molecule has 0 saturated heterocycles. The highest BCUT2D eigenvalue weighted by Gasteiger charge is 2.08. The molecule has 4 nitrogen and oxygen atoms in total. The fourth-order valence-electron chi connectivity index (χ4n) is 1.51. The summed E-state index contributed by atoms with van der Waals surface area (Å²) in [5.74, 6) is -0.303. The van der Waals surface area contributed by atoms with E-state index < -0.39 is 0 Å². The van der Waals surface area contributed by atoms with Gasteiger partial charge in [-0.05, 0) is 30.7 Å². The van der Waals surface area contributed by atoms with Crippen LogP contribution in [0.4, 0.5) is 5.69 Å². The lowest BCUT2D eigenvalue weighted by Gasteiger charge is -2.08. The summed E-state index contributed by atoms with van der Waals surface area (Å²) in [5.41, 5.74) is 1.71. The molecule has 0 fully saturated rings. The molecule has 0 aliphatic heterocycles. The van der Waals surface area contributed by atoms with Crippen LogP contribution in [0.25, 0.3) is 0 Å². The van der Waals surface area contributed by atoms with Crippen LogP contribution in [0.1, 0.15) is 15.9 Å². The lowest BCUT2D eigenvalue weighted by molar-refractivity contribution is 0.102. The van der Waals surface area contributed by atoms with Crippen LogP contribution in [0.3, 0.4) is 0 Å². The highest BCUT2D eigenvalue weighted by Crippen LogP contribution is 2.21. The molecule has 0 saturated carbocycles. The van der Waals surface area contributed by atoms with Crippen LogP contribution in [0.2, 0.25) is 0 Å². The molecule has 2 N–H and O–H groups in total. The fraction of sp³-hybridized carbons (Fsp3) is 0.0769. The van der Waals surface area contributed by atoms with Crippen LogP contribution in [-0.2, 0) is 0 Å². The minimum absolute atomic E-state index is 0.298. The number of nitrogens with one attached hydrogen (secondary N) is 2. The number of anilines is 1. The van der Waals surface area contributed by atoms with Crippen molar-refractivity contribution in [1.82, 2.24) is 4.98 Å². The first kappa shape index (κ1) is 12.6. The SMILES string of the molecule is Cc1ccc(Br)cc1NC(=O)c1cc[nH]c(=O)c1. The summed E-state index contributed by atoms with van der Waals surface area (Å²) in [6.07, 6.45) is 1.45. The van der Waals surface area contributed by atoms with Crippen molar-refractivity contribution in [3.8, 4) is 0 Å². The maximum absolute atomic E-state index is 12.0. The molecule has 0 aliphatic rings. The third-order valence-electron chi connectivity index (χ3n) is 2.49. The normalized spacial score (nSPS) is 10.1. The Morgan fingerprint density at radius 3 is 2.78 bits per heavy atom. The molecule has 1 aromatic heterocycles. The molecule has 0 aliphatic carbocycles. The van der Waals surface area contributed by atoms with Gasteiger partial charge in [-0.2, -0.15) is 0 Å². The molecule has 0 unspecified atom stereocenters. The van der Waals surface area contributed by atoms with Crippen LogP contribution >= 0.6 is 15.9 Å². The predicted molar refractivity (Wildman–Crippen MR) is 73.9 cm³/mol. The van der Waals surface area contributed by atoms with E-state index in [-0.39, 0.29) is 11.5 Å². The molecular formula is C13H11BrN2O2. The summed E-state index contributed by atoms with van der Waals surface area (Å²) in [4.78, 5) is 25.5. The number of halogens is 1. The van der Waals surface area contributed by atoms with E-state index in [0.29, 0.717) is 5.56 Å². The Morgan fingerprint density at radius 1 is 1.28 bits per heavy atom. The zero-order valence-electron chi connectivity index (χ0n) is 9.66. The molecule has 0 spiro atoms. The van der Waals surface area contributed by atoms with E-state index in [1.807, 2.05) is 25.1 Å². The number of benzene rings is 1. The van der Waals surface area contributed by atoms with E-state index >= 15 is 0 Å². The molecule has 2 rings (SSSR count). The van der Waals surface area contributed by atoms with Gasteiger partial charge in [0.25, 0.3) is 5.91 Å². The minimum Gasteiger partial charge on any atom is -0.329 e. The molecule has 92 valence electrons. The molecule has 0 bridgehead atoms. The largest absolute Gasteiger partial charge is 0.329 e. The number of hydrogen-bond donors (Lipinski definition) is 2. The van der Waals surface area contributed by atoms with Crippen molar-refractivity contribution in [1.29, 1.82) is 0 Å². The molecule has 1 aromatic carbocycles. The van der Waals surface area contributed by atoms with Crippen molar-refractivity contribution < 1.29 is 4.79 Å². The van der Waals surface area contributed by atoms with Gasteiger partial charge in [0.05, 0.1) is 0 Å². The van der Waals surface area contributed by atoms with Gasteiger partial charge in [-0.15, -0.1) is 0 Å². The topological polar surface area (TPSA) is 62.0 Å². The summed E-state index contributed by atoms with van der Waals surface area (Å²) >= 11 is 3.35. The maximum Gasteiger partial charge on any atom is 0.255 e. The Hall–Kier alpha value is -1.88. The van der Waals surface area contributed by atoms with Gasteiger partial charge >= 0.3 is 0 Å². The van der Waals surface area contributed by atoms with Crippen LogP contribution in [0, 0.1) is 6.92 Å². The molecule has 2 aromatic rings. The van der Waals surface area contributed by atoms with Crippen molar-refractivity contribution in [3.63, 3.8) is 0 Å². The highest BCUT2D eigenvalue weighted by molar-refractivity contribution is 9.10. The number of hydrogen-bond acceptors (Lipinski definition) is 2. The Bertz CT molecular complexity index is 649. The number of carbonyl (C=O) groups excluding carboxylic acids is 1. The van der Waals surface area contributed by atoms with Crippen molar-refractivity contribution >= 4 is 27.5 Å². The second kappa shape index (κ2) is 5.18. The Labute approximate surface area is 112 Å². The number of aryl methyl sites for hydroxylation is 1. The first-order valence-electron chi connectivity index (χ1n) is 5.32. The summed E-state index contributed by atoms with van der Waals surface area (Å²) in [5, 5.41) is 2.77. The van der Waals surface area contributed by atoms with Crippen molar-refractivity contribution in [2.24, 2.45) is 0 Å². The second-order valence-corrected chi connectivity index (χ2v) is 4.77. The lowest BCUT2D eigenvalue weighted by Crippen LogP contribution is -2.16. The number of aromatic amines is 1. The Kier molecular flexibility index (Phi) is 3.62. The van der Waals surface area contributed by atoms with E-state index in [0.717, 1.165) is 15.7 Å². The third-order valence-corrected chi connectivity index (χ3v) is 2.98. The summed E-state index contributed by atoms with van der Waals surface area (Å²) in [6.45, 7) is 1.90. The zero-order chi connectivity index (χ0) is 13.1. The molecule has 0 atom stereocenters. The zero-order valence-corrected chi connectivity index (χ0v) is 11.2. The Morgan fingerprint density at radius 2 is 2.06 bits per heavy atom. The van der Waals surface area contributed by atoms with Crippen LogP contribution in [0.15, 0.2) is 45.8 Å². The van der Waals surface area contributed by atoms with Crippen molar-refractivity contribution in [2.45, 2.75) is 6.92 Å². The van der Waals surface area contributed by atoms with Crippen LogP contribution < -0.4 is 10.9 Å². The van der Waals surface area contributed by atoms with Gasteiger partial charge in [0.1, 0.15) is 0 Å². The molecule has 1 heterocycles. The molecule has 18 heavy (non-hydrogen) atoms. The first-order valence-corrected chi connectivity index (χ1v) is 6.12. The van der Waals surface area contributed by atoms with Crippen molar-refractivity contribution in [3.05, 3.63) is 62.5 Å². The summed E-state index contributed by atoms with van der Waals surface area (Å²) in [6, 6.07) is 8.45. The average molecular weight is 307 g/mol. The van der Waals surface area contributed by atoms with E-state index in [1.165, 1.54) is 12.3 Å². The number of pyridine rings is 1. The van der Waals surface area contributed by atoms with E-state index in [2.05, 4.69) is 26.2 Å². The van der Waals surface area contributed by atoms with Gasteiger partial charge in [0.15, 0.2) is 0 Å². The van der Waals surface area contributed by atoms with Gasteiger partial charge in [-0.3, -0.25) is 9.59 Å². The van der Waals surface area contributed by atoms with Crippen LogP contribution in [-0.4, -0.2) is 10.9 Å². The third kappa shape index (κ3) is 2.87. The minimum atomic E-state index is -0.303. The molecule has 0 radical (unpaired) electrons. The van der Waals surface area contributed by atoms with Gasteiger partial charge in [-0.1, -0.05) is 22.0 Å². The highest BCUT2D eigenvalue weighted by atomic mass is 79.9. The van der Waals surface area contributed by atoms with E-state index in [1.54, 1.807) is 6.07 Å². The fourth-order valence-corrected chi connectivity index (χ4v) is 1.87. The van der Waals surface area contributed by atoms with E-state index in [4.69, 9.17) is 0 Å². The average Bonchev–Trinajstić information content (AvgIpc) is 2.34. The first-order chi connectivity index (χ1) is 8.56. The quantitative estimate of drug-likeness (QED) is 0.896. The number of H-pyrrole nitrogens is 1. The van der Waals surface area contributed by atoms with Gasteiger partial charge in [-0.25, -0.2) is 0 Å². The van der Waals surface area contributed by atoms with Gasteiger partial charge in [0.2, 0.25) is 5.56 Å². The summed E-state index contributed by atoms with van der Waals surface area (Å²) < 4.78 is 0.884. The second-order valence-electron chi connectivity index (χ2n) is 3.85. The molecule has 1 amide bonds. The Balaban J connectivity index is 2.26. The number of aromatic nitrogens is 1. The van der Waals surface area contributed by atoms with Crippen LogP contribution in [0.5, 0.6) is 0 Å². The molecular weight excluding hydrogens is 296 g/mol. The summed E-state index contributed by atoms with van der Waals surface area (Å²) in [7, 11) is 0.